The topological polar surface area (TPSA) is 95.6 Å². The second-order valence-electron chi connectivity index (χ2n) is 7.71. The molecule has 9 nitrogen and oxygen atoms in total. The van der Waals surface area contributed by atoms with Crippen molar-refractivity contribution >= 4 is 10.0 Å². The van der Waals surface area contributed by atoms with Gasteiger partial charge in [0, 0.05) is 25.2 Å². The van der Waals surface area contributed by atoms with Crippen LogP contribution in [0.25, 0.3) is 0 Å². The number of hydrogen-bond acceptors (Lipinski definition) is 8. The lowest BCUT2D eigenvalue weighted by molar-refractivity contribution is 0.169. The van der Waals surface area contributed by atoms with E-state index >= 15 is 0 Å². The molecule has 0 fully saturated rings. The van der Waals surface area contributed by atoms with Crippen molar-refractivity contribution in [1.82, 2.24) is 9.62 Å². The number of benzene rings is 2. The Labute approximate surface area is 188 Å². The van der Waals surface area contributed by atoms with E-state index in [0.29, 0.717) is 42.4 Å². The molecule has 2 aliphatic heterocycles. The monoisotopic (exact) mass is 464 g/mol. The summed E-state index contributed by atoms with van der Waals surface area (Å²) in [4.78, 5) is 2.27. The van der Waals surface area contributed by atoms with Crippen LogP contribution in [0, 0.1) is 0 Å². The van der Waals surface area contributed by atoms with Crippen LogP contribution in [0.1, 0.15) is 16.7 Å². The van der Waals surface area contributed by atoms with E-state index in [4.69, 9.17) is 23.7 Å². The third-order valence-electron chi connectivity index (χ3n) is 5.74. The van der Waals surface area contributed by atoms with Crippen molar-refractivity contribution in [3.8, 4) is 28.7 Å². The van der Waals surface area contributed by atoms with E-state index in [1.54, 1.807) is 27.4 Å². The largest absolute Gasteiger partial charge is 0.493 e. The summed E-state index contributed by atoms with van der Waals surface area (Å²) < 4.78 is 56.9. The second kappa shape index (κ2) is 9.05. The first kappa shape index (κ1) is 22.5. The molecule has 0 aromatic heterocycles. The third kappa shape index (κ3) is 4.05. The molecule has 32 heavy (non-hydrogen) atoms. The normalized spacial score (nSPS) is 15.4. The molecular weight excluding hydrogens is 436 g/mol. The Bertz CT molecular complexity index is 1120. The van der Waals surface area contributed by atoms with Gasteiger partial charge in [-0.2, -0.15) is 0 Å². The molecule has 0 amide bonds. The molecule has 0 atom stereocenters. The van der Waals surface area contributed by atoms with Crippen molar-refractivity contribution in [3.63, 3.8) is 0 Å². The van der Waals surface area contributed by atoms with Gasteiger partial charge in [-0.25, -0.2) is 13.1 Å². The third-order valence-corrected chi connectivity index (χ3v) is 7.29. The molecule has 0 unspecified atom stereocenters. The van der Waals surface area contributed by atoms with Crippen LogP contribution in [-0.4, -0.2) is 61.6 Å². The van der Waals surface area contributed by atoms with Crippen LogP contribution in [0.5, 0.6) is 28.7 Å². The molecular formula is C22H28N2O7S. The first-order valence-electron chi connectivity index (χ1n) is 10.3. The van der Waals surface area contributed by atoms with Gasteiger partial charge in [0.05, 0.1) is 21.3 Å². The number of fused-ring (bicyclic) bond motifs is 2. The summed E-state index contributed by atoms with van der Waals surface area (Å²) in [6.07, 6.45) is 1.06. The Kier molecular flexibility index (Phi) is 6.36. The van der Waals surface area contributed by atoms with Crippen LogP contribution in [0.15, 0.2) is 23.1 Å². The van der Waals surface area contributed by atoms with E-state index in [0.717, 1.165) is 23.2 Å². The van der Waals surface area contributed by atoms with E-state index in [1.165, 1.54) is 0 Å². The van der Waals surface area contributed by atoms with E-state index in [9.17, 15) is 8.42 Å². The molecule has 0 saturated carbocycles. The highest BCUT2D eigenvalue weighted by atomic mass is 32.2. The maximum atomic E-state index is 13.4. The molecule has 0 radical (unpaired) electrons. The number of hydrogen-bond donors (Lipinski definition) is 1. The van der Waals surface area contributed by atoms with E-state index < -0.39 is 10.0 Å². The molecule has 10 heteroatoms. The fourth-order valence-corrected chi connectivity index (χ4v) is 5.65. The summed E-state index contributed by atoms with van der Waals surface area (Å²) >= 11 is 0. The first-order chi connectivity index (χ1) is 15.4. The predicted molar refractivity (Wildman–Crippen MR) is 118 cm³/mol. The van der Waals surface area contributed by atoms with Gasteiger partial charge in [0.1, 0.15) is 4.90 Å². The zero-order valence-electron chi connectivity index (χ0n) is 18.7. The maximum Gasteiger partial charge on any atom is 0.244 e. The Hall–Kier alpha value is -2.69. The second-order valence-corrected chi connectivity index (χ2v) is 9.41. The molecule has 2 aromatic carbocycles. The smallest absolute Gasteiger partial charge is 0.244 e. The lowest BCUT2D eigenvalue weighted by Crippen LogP contribution is -2.32. The van der Waals surface area contributed by atoms with Gasteiger partial charge < -0.3 is 28.6 Å². The van der Waals surface area contributed by atoms with E-state index in [2.05, 4.69) is 9.62 Å². The Morgan fingerprint density at radius 3 is 2.50 bits per heavy atom. The average Bonchev–Trinajstić information content (AvgIpc) is 3.25. The minimum atomic E-state index is -3.85. The quantitative estimate of drug-likeness (QED) is 0.634. The van der Waals surface area contributed by atoms with Gasteiger partial charge in [0.15, 0.2) is 23.0 Å². The van der Waals surface area contributed by atoms with Gasteiger partial charge in [-0.15, -0.1) is 0 Å². The minimum absolute atomic E-state index is 0.0431. The van der Waals surface area contributed by atoms with E-state index in [1.807, 2.05) is 19.2 Å². The van der Waals surface area contributed by atoms with Crippen LogP contribution in [-0.2, 0) is 29.4 Å². The zero-order chi connectivity index (χ0) is 22.9. The number of likely N-dealkylation sites (N-methyl/N-ethyl adjacent to an activating group) is 1. The van der Waals surface area contributed by atoms with Crippen LogP contribution in [0.2, 0.25) is 0 Å². The Morgan fingerprint density at radius 1 is 1.03 bits per heavy atom. The number of nitrogens with one attached hydrogen (secondary N) is 1. The van der Waals surface area contributed by atoms with Crippen LogP contribution in [0.4, 0.5) is 0 Å². The summed E-state index contributed by atoms with van der Waals surface area (Å²) in [7, 11) is 2.83. The Balaban J connectivity index is 1.62. The number of rotatable bonds is 8. The molecule has 0 aliphatic carbocycles. The highest BCUT2D eigenvalue weighted by Crippen LogP contribution is 2.51. The van der Waals surface area contributed by atoms with Crippen LogP contribution < -0.4 is 28.4 Å². The van der Waals surface area contributed by atoms with Crippen molar-refractivity contribution in [1.29, 1.82) is 0 Å². The van der Waals surface area contributed by atoms with Gasteiger partial charge in [-0.05, 0) is 43.1 Å². The summed E-state index contributed by atoms with van der Waals surface area (Å²) in [6.45, 7) is 1.49. The van der Waals surface area contributed by atoms with Crippen LogP contribution in [0.3, 0.4) is 0 Å². The van der Waals surface area contributed by atoms with Crippen molar-refractivity contribution in [2.75, 3.05) is 48.3 Å². The summed E-state index contributed by atoms with van der Waals surface area (Å²) in [5.74, 6) is 2.35. The predicted octanol–water partition coefficient (Wildman–Crippen LogP) is 1.95. The van der Waals surface area contributed by atoms with Crippen molar-refractivity contribution in [2.24, 2.45) is 0 Å². The molecule has 0 saturated heterocycles. The number of ether oxygens (including phenoxy) is 5. The highest BCUT2D eigenvalue weighted by molar-refractivity contribution is 7.89. The molecule has 1 N–H and O–H groups in total. The number of methoxy groups -OCH3 is 3. The van der Waals surface area contributed by atoms with Gasteiger partial charge in [-0.1, -0.05) is 6.07 Å². The summed E-state index contributed by atoms with van der Waals surface area (Å²) in [5.41, 5.74) is 2.47. The molecule has 174 valence electrons. The molecule has 2 aliphatic rings. The summed E-state index contributed by atoms with van der Waals surface area (Å²) in [6, 6.07) is 5.53. The first-order valence-corrected chi connectivity index (χ1v) is 11.8. The van der Waals surface area contributed by atoms with Crippen LogP contribution >= 0.6 is 0 Å². The van der Waals surface area contributed by atoms with Gasteiger partial charge >= 0.3 is 0 Å². The molecule has 0 bridgehead atoms. The van der Waals surface area contributed by atoms with Crippen molar-refractivity contribution < 1.29 is 32.1 Å². The van der Waals surface area contributed by atoms with Gasteiger partial charge in [-0.3, -0.25) is 0 Å². The van der Waals surface area contributed by atoms with Gasteiger partial charge in [0.2, 0.25) is 22.6 Å². The lowest BCUT2D eigenvalue weighted by Gasteiger charge is -2.29. The lowest BCUT2D eigenvalue weighted by atomic mass is 9.97. The van der Waals surface area contributed by atoms with Crippen molar-refractivity contribution in [3.05, 3.63) is 34.9 Å². The highest BCUT2D eigenvalue weighted by Gasteiger charge is 2.37. The fraction of sp³-hybridized carbons (Fsp3) is 0.455. The minimum Gasteiger partial charge on any atom is -0.493 e. The van der Waals surface area contributed by atoms with Gasteiger partial charge in [0.25, 0.3) is 0 Å². The van der Waals surface area contributed by atoms with Crippen molar-refractivity contribution in [2.45, 2.75) is 24.3 Å². The maximum absolute atomic E-state index is 13.4. The Morgan fingerprint density at radius 2 is 1.78 bits per heavy atom. The fourth-order valence-electron chi connectivity index (χ4n) is 4.19. The standard InChI is InChI=1S/C22H28N2O7S/c1-24-10-8-15-16(12-24)19(29-4)20-21(31-13-30-20)22(15)32(25,26)23-9-7-14-5-6-17(27-2)18(11-14)28-3/h5-6,11,23H,7-10,12-13H2,1-4H3. The number of nitrogens with zero attached hydrogens (tertiary/aromatic N) is 1. The molecule has 2 aromatic rings. The van der Waals surface area contributed by atoms with E-state index in [-0.39, 0.29) is 24.0 Å². The molecule has 2 heterocycles. The average molecular weight is 465 g/mol. The summed E-state index contributed by atoms with van der Waals surface area (Å²) in [5, 5.41) is 0. The number of sulfonamides is 1. The molecule has 4 rings (SSSR count). The molecule has 0 spiro atoms. The zero-order valence-corrected chi connectivity index (χ0v) is 19.5. The SMILES string of the molecule is COc1ccc(CCNS(=O)(=O)c2c3c(c(OC)c4c2OCO4)CN(C)CC3)cc1OC.